The zero-order valence-corrected chi connectivity index (χ0v) is 16.6. The molecule has 1 aromatic carbocycles. The SMILES string of the molecule is CCc1cn[nH]c1C1CCN(C(=O)[C@H](CC)N2Cc3ccccc3C2=O)CC1. The molecule has 0 unspecified atom stereocenters. The van der Waals surface area contributed by atoms with Crippen LogP contribution >= 0.6 is 0 Å². The molecule has 6 nitrogen and oxygen atoms in total. The van der Waals surface area contributed by atoms with Crippen LogP contribution in [0.1, 0.15) is 66.2 Å². The number of carbonyl (C=O) groups excluding carboxylic acids is 2. The van der Waals surface area contributed by atoms with Gasteiger partial charge in [-0.25, -0.2) is 0 Å². The molecule has 0 saturated carbocycles. The third-order valence-electron chi connectivity index (χ3n) is 6.24. The smallest absolute Gasteiger partial charge is 0.255 e. The summed E-state index contributed by atoms with van der Waals surface area (Å²) in [5.74, 6) is 0.498. The van der Waals surface area contributed by atoms with Gasteiger partial charge in [0.25, 0.3) is 5.91 Å². The quantitative estimate of drug-likeness (QED) is 0.866. The van der Waals surface area contributed by atoms with Crippen molar-refractivity contribution in [3.8, 4) is 0 Å². The van der Waals surface area contributed by atoms with Gasteiger partial charge in [0.15, 0.2) is 0 Å². The topological polar surface area (TPSA) is 69.3 Å². The number of hydrogen-bond acceptors (Lipinski definition) is 3. The Hall–Kier alpha value is -2.63. The van der Waals surface area contributed by atoms with E-state index in [4.69, 9.17) is 0 Å². The lowest BCUT2D eigenvalue weighted by Crippen LogP contribution is -2.50. The van der Waals surface area contributed by atoms with E-state index >= 15 is 0 Å². The molecule has 2 aromatic rings. The van der Waals surface area contributed by atoms with Crippen LogP contribution in [-0.2, 0) is 17.8 Å². The summed E-state index contributed by atoms with van der Waals surface area (Å²) in [6.45, 7) is 6.13. The lowest BCUT2D eigenvalue weighted by Gasteiger charge is -2.36. The molecule has 1 atom stereocenters. The fraction of sp³-hybridized carbons (Fsp3) is 0.500. The van der Waals surface area contributed by atoms with Crippen LogP contribution in [-0.4, -0.2) is 50.9 Å². The van der Waals surface area contributed by atoms with Crippen molar-refractivity contribution < 1.29 is 9.59 Å². The van der Waals surface area contributed by atoms with Gasteiger partial charge in [0.2, 0.25) is 5.91 Å². The second kappa shape index (κ2) is 7.78. The largest absolute Gasteiger partial charge is 0.341 e. The summed E-state index contributed by atoms with van der Waals surface area (Å²) in [5, 5.41) is 7.35. The third kappa shape index (κ3) is 3.21. The zero-order chi connectivity index (χ0) is 19.7. The molecule has 1 N–H and O–H groups in total. The lowest BCUT2D eigenvalue weighted by atomic mass is 9.90. The summed E-state index contributed by atoms with van der Waals surface area (Å²) in [6, 6.07) is 7.29. The molecule has 4 rings (SSSR count). The van der Waals surface area contributed by atoms with Gasteiger partial charge in [0.1, 0.15) is 6.04 Å². The molecule has 28 heavy (non-hydrogen) atoms. The van der Waals surface area contributed by atoms with Crippen molar-refractivity contribution in [2.45, 2.75) is 58.0 Å². The fourth-order valence-corrected chi connectivity index (χ4v) is 4.61. The van der Waals surface area contributed by atoms with Gasteiger partial charge in [-0.15, -0.1) is 0 Å². The Balaban J connectivity index is 1.42. The third-order valence-corrected chi connectivity index (χ3v) is 6.24. The monoisotopic (exact) mass is 380 g/mol. The van der Waals surface area contributed by atoms with Crippen molar-refractivity contribution in [2.24, 2.45) is 0 Å². The second-order valence-corrected chi connectivity index (χ2v) is 7.78. The van der Waals surface area contributed by atoms with Gasteiger partial charge >= 0.3 is 0 Å². The number of hydrogen-bond donors (Lipinski definition) is 1. The van der Waals surface area contributed by atoms with E-state index in [0.29, 0.717) is 18.9 Å². The minimum Gasteiger partial charge on any atom is -0.341 e. The van der Waals surface area contributed by atoms with E-state index in [2.05, 4.69) is 17.1 Å². The lowest BCUT2D eigenvalue weighted by molar-refractivity contribution is -0.137. The fourth-order valence-electron chi connectivity index (χ4n) is 4.61. The van der Waals surface area contributed by atoms with Gasteiger partial charge in [-0.05, 0) is 42.9 Å². The predicted molar refractivity (Wildman–Crippen MR) is 107 cm³/mol. The summed E-state index contributed by atoms with van der Waals surface area (Å²) in [6.07, 6.45) is 5.40. The standard InChI is InChI=1S/C22H28N4O2/c1-3-15-13-23-24-20(15)16-9-11-25(12-10-16)22(28)19(4-2)26-14-17-7-5-6-8-18(17)21(26)27/h5-8,13,16,19H,3-4,9-12,14H2,1-2H3,(H,23,24)/t19-/m0/s1. The number of carbonyl (C=O) groups is 2. The number of nitrogens with one attached hydrogen (secondary N) is 1. The van der Waals surface area contributed by atoms with Crippen molar-refractivity contribution in [1.29, 1.82) is 0 Å². The van der Waals surface area contributed by atoms with Crippen molar-refractivity contribution in [3.63, 3.8) is 0 Å². The number of rotatable bonds is 5. The van der Waals surface area contributed by atoms with E-state index < -0.39 is 0 Å². The van der Waals surface area contributed by atoms with Crippen LogP contribution < -0.4 is 0 Å². The molecule has 1 fully saturated rings. The molecule has 148 valence electrons. The summed E-state index contributed by atoms with van der Waals surface area (Å²) >= 11 is 0. The van der Waals surface area contributed by atoms with E-state index in [1.807, 2.05) is 42.3 Å². The highest BCUT2D eigenvalue weighted by Crippen LogP contribution is 2.31. The molecule has 6 heteroatoms. The summed E-state index contributed by atoms with van der Waals surface area (Å²) in [5.41, 5.74) is 4.26. The summed E-state index contributed by atoms with van der Waals surface area (Å²) < 4.78 is 0. The maximum atomic E-state index is 13.2. The Morgan fingerprint density at radius 2 is 2.00 bits per heavy atom. The number of piperidine rings is 1. The molecular formula is C22H28N4O2. The number of aromatic amines is 1. The first-order valence-corrected chi connectivity index (χ1v) is 10.3. The summed E-state index contributed by atoms with van der Waals surface area (Å²) in [4.78, 5) is 29.7. The first-order valence-electron chi connectivity index (χ1n) is 10.3. The molecule has 0 bridgehead atoms. The van der Waals surface area contributed by atoms with Gasteiger partial charge in [0, 0.05) is 36.8 Å². The number of H-pyrrole nitrogens is 1. The van der Waals surface area contributed by atoms with Gasteiger partial charge in [-0.3, -0.25) is 14.7 Å². The van der Waals surface area contributed by atoms with Crippen LogP contribution in [0.5, 0.6) is 0 Å². The molecular weight excluding hydrogens is 352 g/mol. The number of aromatic nitrogens is 2. The number of fused-ring (bicyclic) bond motifs is 1. The number of aryl methyl sites for hydroxylation is 1. The summed E-state index contributed by atoms with van der Waals surface area (Å²) in [7, 11) is 0. The molecule has 2 amide bonds. The van der Waals surface area contributed by atoms with Crippen LogP contribution in [0.3, 0.4) is 0 Å². The molecule has 2 aliphatic rings. The van der Waals surface area contributed by atoms with E-state index in [1.165, 1.54) is 11.3 Å². The Kier molecular flexibility index (Phi) is 5.20. The molecule has 0 aliphatic carbocycles. The zero-order valence-electron chi connectivity index (χ0n) is 16.6. The second-order valence-electron chi connectivity index (χ2n) is 7.78. The van der Waals surface area contributed by atoms with Crippen LogP contribution in [0.15, 0.2) is 30.5 Å². The number of amides is 2. The van der Waals surface area contributed by atoms with E-state index in [-0.39, 0.29) is 17.9 Å². The Bertz CT molecular complexity index is 867. The molecule has 3 heterocycles. The minimum absolute atomic E-state index is 0.0178. The average Bonchev–Trinajstić information content (AvgIpc) is 3.34. The van der Waals surface area contributed by atoms with E-state index in [0.717, 1.165) is 43.5 Å². The highest BCUT2D eigenvalue weighted by Gasteiger charge is 2.38. The normalized spacial score (nSPS) is 18.4. The minimum atomic E-state index is -0.380. The van der Waals surface area contributed by atoms with Gasteiger partial charge in [0.05, 0.1) is 6.20 Å². The number of nitrogens with zero attached hydrogens (tertiary/aromatic N) is 3. The average molecular weight is 380 g/mol. The van der Waals surface area contributed by atoms with Gasteiger partial charge < -0.3 is 9.80 Å². The number of benzene rings is 1. The first kappa shape index (κ1) is 18.7. The highest BCUT2D eigenvalue weighted by molar-refractivity contribution is 6.01. The molecule has 1 saturated heterocycles. The first-order chi connectivity index (χ1) is 13.6. The maximum Gasteiger partial charge on any atom is 0.255 e. The molecule has 2 aliphatic heterocycles. The van der Waals surface area contributed by atoms with Crippen LogP contribution in [0, 0.1) is 0 Å². The van der Waals surface area contributed by atoms with Crippen molar-refractivity contribution in [3.05, 3.63) is 52.8 Å². The van der Waals surface area contributed by atoms with E-state index in [1.54, 1.807) is 4.90 Å². The van der Waals surface area contributed by atoms with Crippen LogP contribution in [0.4, 0.5) is 0 Å². The van der Waals surface area contributed by atoms with Crippen LogP contribution in [0.25, 0.3) is 0 Å². The molecule has 1 aromatic heterocycles. The highest BCUT2D eigenvalue weighted by atomic mass is 16.2. The van der Waals surface area contributed by atoms with Crippen molar-refractivity contribution >= 4 is 11.8 Å². The Morgan fingerprint density at radius 3 is 2.68 bits per heavy atom. The van der Waals surface area contributed by atoms with Gasteiger partial charge in [-0.1, -0.05) is 32.0 Å². The van der Waals surface area contributed by atoms with E-state index in [9.17, 15) is 9.59 Å². The van der Waals surface area contributed by atoms with Crippen molar-refractivity contribution in [2.75, 3.05) is 13.1 Å². The molecule has 0 radical (unpaired) electrons. The van der Waals surface area contributed by atoms with Crippen molar-refractivity contribution in [1.82, 2.24) is 20.0 Å². The van der Waals surface area contributed by atoms with Gasteiger partial charge in [-0.2, -0.15) is 5.10 Å². The molecule has 0 spiro atoms. The maximum absolute atomic E-state index is 13.2. The Morgan fingerprint density at radius 1 is 1.25 bits per heavy atom. The van der Waals surface area contributed by atoms with Crippen LogP contribution in [0.2, 0.25) is 0 Å². The predicted octanol–water partition coefficient (Wildman–Crippen LogP) is 3.11. The number of likely N-dealkylation sites (tertiary alicyclic amines) is 1. The Labute approximate surface area is 165 Å².